The second-order valence-electron chi connectivity index (χ2n) is 7.77. The molecule has 0 unspecified atom stereocenters. The summed E-state index contributed by atoms with van der Waals surface area (Å²) in [7, 11) is 0. The van der Waals surface area contributed by atoms with Gasteiger partial charge in [-0.3, -0.25) is 9.69 Å². The number of thiocarbonyl (C=S) groups is 1. The van der Waals surface area contributed by atoms with E-state index in [9.17, 15) is 4.79 Å². The summed E-state index contributed by atoms with van der Waals surface area (Å²) in [6.45, 7) is 2.65. The number of unbranched alkanes of at least 4 members (excludes halogenated alkanes) is 1. The minimum Gasteiger partial charge on any atom is -0.489 e. The predicted molar refractivity (Wildman–Crippen MR) is 143 cm³/mol. The Hall–Kier alpha value is -2.60. The number of hydrogen-bond donors (Lipinski definition) is 0. The molecule has 1 fully saturated rings. The van der Waals surface area contributed by atoms with Crippen molar-refractivity contribution in [1.82, 2.24) is 0 Å². The molecule has 0 aliphatic carbocycles. The highest BCUT2D eigenvalue weighted by atomic mass is 35.5. The number of rotatable bonds is 8. The minimum absolute atomic E-state index is 0.0885. The molecule has 0 atom stereocenters. The second kappa shape index (κ2) is 11.0. The molecule has 1 heterocycles. The van der Waals surface area contributed by atoms with Crippen molar-refractivity contribution in [1.29, 1.82) is 0 Å². The van der Waals surface area contributed by atoms with Crippen LogP contribution in [0.25, 0.3) is 6.08 Å². The highest BCUT2D eigenvalue weighted by molar-refractivity contribution is 8.27. The SMILES string of the molecule is CCCCc1ccc(N2C(=O)/C(=C/c3ccc(OCc4ccc(Cl)cc4)cc3)SC2=S)cc1. The summed E-state index contributed by atoms with van der Waals surface area (Å²) < 4.78 is 6.39. The van der Waals surface area contributed by atoms with Crippen molar-refractivity contribution in [2.75, 3.05) is 4.90 Å². The van der Waals surface area contributed by atoms with E-state index in [1.165, 1.54) is 17.3 Å². The Morgan fingerprint density at radius 3 is 2.30 bits per heavy atom. The fraction of sp³-hybridized carbons (Fsp3) is 0.185. The third-order valence-corrected chi connectivity index (χ3v) is 6.86. The number of anilines is 1. The first-order valence-corrected chi connectivity index (χ1v) is 12.5. The van der Waals surface area contributed by atoms with Crippen molar-refractivity contribution in [3.8, 4) is 5.75 Å². The lowest BCUT2D eigenvalue weighted by Crippen LogP contribution is -2.27. The predicted octanol–water partition coefficient (Wildman–Crippen LogP) is 7.67. The highest BCUT2D eigenvalue weighted by Crippen LogP contribution is 2.36. The maximum atomic E-state index is 13.0. The first kappa shape index (κ1) is 23.6. The van der Waals surface area contributed by atoms with Gasteiger partial charge in [0.15, 0.2) is 4.32 Å². The summed E-state index contributed by atoms with van der Waals surface area (Å²) in [5.41, 5.74) is 4.06. The topological polar surface area (TPSA) is 29.5 Å². The summed E-state index contributed by atoms with van der Waals surface area (Å²) in [6.07, 6.45) is 5.25. The molecule has 0 spiro atoms. The number of aryl methyl sites for hydroxylation is 1. The molecule has 3 nitrogen and oxygen atoms in total. The van der Waals surface area contributed by atoms with E-state index in [4.69, 9.17) is 28.6 Å². The second-order valence-corrected chi connectivity index (χ2v) is 9.88. The molecule has 168 valence electrons. The van der Waals surface area contributed by atoms with Crippen LogP contribution in [0.2, 0.25) is 5.02 Å². The van der Waals surface area contributed by atoms with Crippen molar-refractivity contribution in [2.45, 2.75) is 32.8 Å². The number of benzene rings is 3. The smallest absolute Gasteiger partial charge is 0.270 e. The number of amides is 1. The zero-order chi connectivity index (χ0) is 23.2. The van der Waals surface area contributed by atoms with Gasteiger partial charge >= 0.3 is 0 Å². The number of carbonyl (C=O) groups excluding carboxylic acids is 1. The zero-order valence-corrected chi connectivity index (χ0v) is 20.7. The summed E-state index contributed by atoms with van der Waals surface area (Å²) in [4.78, 5) is 15.3. The third-order valence-electron chi connectivity index (χ3n) is 5.30. The maximum Gasteiger partial charge on any atom is 0.270 e. The highest BCUT2D eigenvalue weighted by Gasteiger charge is 2.33. The van der Waals surface area contributed by atoms with Crippen molar-refractivity contribution >= 4 is 57.6 Å². The van der Waals surface area contributed by atoms with Gasteiger partial charge in [0.25, 0.3) is 5.91 Å². The summed E-state index contributed by atoms with van der Waals surface area (Å²) >= 11 is 12.8. The van der Waals surface area contributed by atoms with Crippen molar-refractivity contribution < 1.29 is 9.53 Å². The van der Waals surface area contributed by atoms with Crippen LogP contribution in [-0.4, -0.2) is 10.2 Å². The molecule has 1 aliphatic rings. The molecule has 0 radical (unpaired) electrons. The van der Waals surface area contributed by atoms with E-state index in [0.29, 0.717) is 20.9 Å². The number of nitrogens with zero attached hydrogens (tertiary/aromatic N) is 1. The van der Waals surface area contributed by atoms with Crippen LogP contribution in [-0.2, 0) is 17.8 Å². The van der Waals surface area contributed by atoms with E-state index in [0.717, 1.165) is 41.8 Å². The largest absolute Gasteiger partial charge is 0.489 e. The first-order chi connectivity index (χ1) is 16.0. The molecule has 1 aliphatic heterocycles. The Bertz CT molecular complexity index is 1160. The summed E-state index contributed by atoms with van der Waals surface area (Å²) in [5.74, 6) is 0.673. The molecular weight excluding hydrogens is 470 g/mol. The van der Waals surface area contributed by atoms with Gasteiger partial charge in [-0.25, -0.2) is 0 Å². The monoisotopic (exact) mass is 493 g/mol. The fourth-order valence-electron chi connectivity index (χ4n) is 3.44. The van der Waals surface area contributed by atoms with Gasteiger partial charge in [0.1, 0.15) is 12.4 Å². The molecule has 1 amide bonds. The molecular formula is C27H24ClNO2S2. The Kier molecular flexibility index (Phi) is 7.86. The molecule has 33 heavy (non-hydrogen) atoms. The zero-order valence-electron chi connectivity index (χ0n) is 18.3. The molecule has 4 rings (SSSR count). The van der Waals surface area contributed by atoms with Crippen molar-refractivity contribution in [2.24, 2.45) is 0 Å². The van der Waals surface area contributed by atoms with Gasteiger partial charge in [-0.05, 0) is 72.0 Å². The maximum absolute atomic E-state index is 13.0. The van der Waals surface area contributed by atoms with Crippen LogP contribution in [0, 0.1) is 0 Å². The van der Waals surface area contributed by atoms with Gasteiger partial charge in [-0.15, -0.1) is 0 Å². The molecule has 3 aromatic rings. The number of halogens is 1. The Balaban J connectivity index is 1.41. The van der Waals surface area contributed by atoms with Gasteiger partial charge < -0.3 is 4.74 Å². The molecule has 3 aromatic carbocycles. The summed E-state index contributed by atoms with van der Waals surface area (Å²) in [5, 5.41) is 0.706. The molecule has 0 N–H and O–H groups in total. The first-order valence-electron chi connectivity index (χ1n) is 10.9. The standard InChI is InChI=1S/C27H24ClNO2S2/c1-2-3-4-19-7-13-23(14-8-19)29-26(30)25(33-27(29)32)17-20-9-15-24(16-10-20)31-18-21-5-11-22(28)12-6-21/h5-17H,2-4,18H2,1H3/b25-17-. The average Bonchev–Trinajstić information content (AvgIpc) is 3.11. The van der Waals surface area contributed by atoms with Crippen LogP contribution >= 0.6 is 35.6 Å². The molecule has 0 aromatic heterocycles. The molecule has 0 saturated carbocycles. The lowest BCUT2D eigenvalue weighted by Gasteiger charge is -2.15. The molecule has 0 bridgehead atoms. The van der Waals surface area contributed by atoms with Crippen LogP contribution in [0.3, 0.4) is 0 Å². The van der Waals surface area contributed by atoms with Crippen molar-refractivity contribution in [3.63, 3.8) is 0 Å². The quantitative estimate of drug-likeness (QED) is 0.238. The lowest BCUT2D eigenvalue weighted by atomic mass is 10.1. The number of hydrogen-bond acceptors (Lipinski definition) is 4. The van der Waals surface area contributed by atoms with Gasteiger partial charge in [0, 0.05) is 5.02 Å². The van der Waals surface area contributed by atoms with Crippen LogP contribution < -0.4 is 9.64 Å². The van der Waals surface area contributed by atoms with Gasteiger partial charge in [0.05, 0.1) is 10.6 Å². The average molecular weight is 494 g/mol. The fourth-order valence-corrected chi connectivity index (χ4v) is 4.87. The number of thioether (sulfide) groups is 1. The van der Waals surface area contributed by atoms with Gasteiger partial charge in [0.2, 0.25) is 0 Å². The van der Waals surface area contributed by atoms with Gasteiger partial charge in [-0.2, -0.15) is 0 Å². The summed E-state index contributed by atoms with van der Waals surface area (Å²) in [6, 6.07) is 23.4. The normalized spacial score (nSPS) is 14.8. The van der Waals surface area contributed by atoms with E-state index in [1.54, 1.807) is 4.90 Å². The van der Waals surface area contributed by atoms with E-state index in [1.807, 2.05) is 66.7 Å². The number of carbonyl (C=O) groups is 1. The van der Waals surface area contributed by atoms with E-state index in [-0.39, 0.29) is 5.91 Å². The number of ether oxygens (including phenoxy) is 1. The van der Waals surface area contributed by atoms with Crippen LogP contribution in [0.1, 0.15) is 36.5 Å². The third kappa shape index (κ3) is 6.05. The Labute approximate surface area is 209 Å². The molecule has 6 heteroatoms. The van der Waals surface area contributed by atoms with Crippen LogP contribution in [0.5, 0.6) is 5.75 Å². The Morgan fingerprint density at radius 2 is 1.64 bits per heavy atom. The van der Waals surface area contributed by atoms with Crippen LogP contribution in [0.15, 0.2) is 77.7 Å². The van der Waals surface area contributed by atoms with Gasteiger partial charge in [-0.1, -0.05) is 85.3 Å². The van der Waals surface area contributed by atoms with E-state index >= 15 is 0 Å². The van der Waals surface area contributed by atoms with E-state index < -0.39 is 0 Å². The lowest BCUT2D eigenvalue weighted by molar-refractivity contribution is -0.113. The van der Waals surface area contributed by atoms with Crippen molar-refractivity contribution in [3.05, 3.63) is 99.4 Å². The minimum atomic E-state index is -0.0885. The Morgan fingerprint density at radius 1 is 0.970 bits per heavy atom. The molecule has 1 saturated heterocycles. The van der Waals surface area contributed by atoms with Crippen LogP contribution in [0.4, 0.5) is 5.69 Å². The van der Waals surface area contributed by atoms with E-state index in [2.05, 4.69) is 19.1 Å².